The third-order valence-electron chi connectivity index (χ3n) is 2.58. The first-order valence-corrected chi connectivity index (χ1v) is 5.17. The molecule has 0 aliphatic heterocycles. The molecule has 0 heterocycles. The Balaban J connectivity index is 3.47. The Hall–Kier alpha value is -1.58. The van der Waals surface area contributed by atoms with E-state index >= 15 is 0 Å². The molecular formula is C11H17NO7. The molecule has 0 amide bonds. The van der Waals surface area contributed by atoms with E-state index < -0.39 is 11.7 Å². The van der Waals surface area contributed by atoms with Gasteiger partial charge in [-0.05, 0) is 12.1 Å². The second-order valence-corrected chi connectivity index (χ2v) is 3.81. The molecule has 1 aromatic carbocycles. The van der Waals surface area contributed by atoms with Gasteiger partial charge in [-0.25, -0.2) is 0 Å². The number of hydrogen-bond acceptors (Lipinski definition) is 8. The fraction of sp³-hybridized carbons (Fsp3) is 0.455. The van der Waals surface area contributed by atoms with Gasteiger partial charge in [0.2, 0.25) is 5.75 Å². The molecule has 0 unspecified atom stereocenters. The SMILES string of the molecule is COc1cc(C(O)(O)C(N)(O)O)cc(OC)c1OC. The fourth-order valence-electron chi connectivity index (χ4n) is 1.49. The molecule has 8 heteroatoms. The maximum absolute atomic E-state index is 9.70. The minimum Gasteiger partial charge on any atom is -0.493 e. The lowest BCUT2D eigenvalue weighted by Crippen LogP contribution is -2.58. The van der Waals surface area contributed by atoms with Crippen LogP contribution in [0.3, 0.4) is 0 Å². The third-order valence-corrected chi connectivity index (χ3v) is 2.58. The minimum atomic E-state index is -3.27. The van der Waals surface area contributed by atoms with E-state index in [1.807, 2.05) is 0 Å². The monoisotopic (exact) mass is 275 g/mol. The van der Waals surface area contributed by atoms with Crippen molar-refractivity contribution in [2.24, 2.45) is 5.73 Å². The van der Waals surface area contributed by atoms with Gasteiger partial charge in [0.15, 0.2) is 11.5 Å². The van der Waals surface area contributed by atoms with Gasteiger partial charge in [0.1, 0.15) is 0 Å². The predicted octanol–water partition coefficient (Wildman–Crippen LogP) is -1.55. The van der Waals surface area contributed by atoms with Crippen molar-refractivity contribution in [1.82, 2.24) is 0 Å². The lowest BCUT2D eigenvalue weighted by Gasteiger charge is -2.32. The van der Waals surface area contributed by atoms with E-state index in [1.54, 1.807) is 0 Å². The van der Waals surface area contributed by atoms with Gasteiger partial charge in [-0.3, -0.25) is 5.73 Å². The van der Waals surface area contributed by atoms with E-state index in [4.69, 9.17) is 19.9 Å². The van der Waals surface area contributed by atoms with Gasteiger partial charge in [-0.15, -0.1) is 0 Å². The van der Waals surface area contributed by atoms with Gasteiger partial charge in [0.05, 0.1) is 21.3 Å². The van der Waals surface area contributed by atoms with Crippen molar-refractivity contribution < 1.29 is 34.6 Å². The first kappa shape index (κ1) is 15.5. The van der Waals surface area contributed by atoms with E-state index in [0.717, 1.165) is 12.1 Å². The molecular weight excluding hydrogens is 258 g/mol. The molecule has 19 heavy (non-hydrogen) atoms. The highest BCUT2D eigenvalue weighted by molar-refractivity contribution is 5.54. The van der Waals surface area contributed by atoms with Crippen molar-refractivity contribution in [2.45, 2.75) is 11.7 Å². The average molecular weight is 275 g/mol. The second-order valence-electron chi connectivity index (χ2n) is 3.81. The summed E-state index contributed by atoms with van der Waals surface area (Å²) >= 11 is 0. The number of hydrogen-bond donors (Lipinski definition) is 5. The van der Waals surface area contributed by atoms with Gasteiger partial charge < -0.3 is 34.6 Å². The van der Waals surface area contributed by atoms with Crippen LogP contribution in [-0.4, -0.2) is 47.7 Å². The van der Waals surface area contributed by atoms with E-state index in [2.05, 4.69) is 0 Å². The molecule has 8 nitrogen and oxygen atoms in total. The summed E-state index contributed by atoms with van der Waals surface area (Å²) in [6.07, 6.45) is 0. The van der Waals surface area contributed by atoms with Gasteiger partial charge in [-0.1, -0.05) is 0 Å². The largest absolute Gasteiger partial charge is 0.493 e. The van der Waals surface area contributed by atoms with Gasteiger partial charge >= 0.3 is 0 Å². The number of rotatable bonds is 5. The van der Waals surface area contributed by atoms with Crippen LogP contribution < -0.4 is 19.9 Å². The highest BCUT2D eigenvalue weighted by Gasteiger charge is 2.47. The van der Waals surface area contributed by atoms with Crippen molar-refractivity contribution in [1.29, 1.82) is 0 Å². The molecule has 1 rings (SSSR count). The molecule has 0 fully saturated rings. The van der Waals surface area contributed by atoms with Crippen LogP contribution in [0.1, 0.15) is 5.56 Å². The Bertz CT molecular complexity index is 428. The molecule has 0 aliphatic rings. The summed E-state index contributed by atoms with van der Waals surface area (Å²) < 4.78 is 15.0. The summed E-state index contributed by atoms with van der Waals surface area (Å²) in [7, 11) is 4.02. The lowest BCUT2D eigenvalue weighted by atomic mass is 10.0. The van der Waals surface area contributed by atoms with Gasteiger partial charge in [0.25, 0.3) is 11.7 Å². The molecule has 6 N–H and O–H groups in total. The third kappa shape index (κ3) is 2.72. The standard InChI is InChI=1S/C11H17NO7/c1-17-7-4-6(10(13,14)11(12,15)16)5-8(18-2)9(7)19-3/h4-5,13-16H,12H2,1-3H3. The molecule has 108 valence electrons. The number of methoxy groups -OCH3 is 3. The Morgan fingerprint density at radius 1 is 0.895 bits per heavy atom. The maximum Gasteiger partial charge on any atom is 0.281 e. The highest BCUT2D eigenvalue weighted by Crippen LogP contribution is 2.41. The second kappa shape index (κ2) is 5.19. The van der Waals surface area contributed by atoms with Gasteiger partial charge in [0, 0.05) is 5.56 Å². The van der Waals surface area contributed by atoms with E-state index in [-0.39, 0.29) is 22.8 Å². The summed E-state index contributed by atoms with van der Waals surface area (Å²) in [6.45, 7) is 0. The van der Waals surface area contributed by atoms with E-state index in [1.165, 1.54) is 21.3 Å². The molecule has 1 aromatic rings. The minimum absolute atomic E-state index is 0.105. The van der Waals surface area contributed by atoms with Crippen LogP contribution in [0.15, 0.2) is 12.1 Å². The zero-order chi connectivity index (χ0) is 14.8. The molecule has 0 saturated heterocycles. The fourth-order valence-corrected chi connectivity index (χ4v) is 1.49. The summed E-state index contributed by atoms with van der Waals surface area (Å²) in [5.41, 5.74) is 4.56. The van der Waals surface area contributed by atoms with Crippen LogP contribution in [0.5, 0.6) is 17.2 Å². The molecule has 0 aliphatic carbocycles. The van der Waals surface area contributed by atoms with E-state index in [0.29, 0.717) is 0 Å². The van der Waals surface area contributed by atoms with Crippen molar-refractivity contribution >= 4 is 0 Å². The molecule has 0 spiro atoms. The summed E-state index contributed by atoms with van der Waals surface area (Å²) in [6, 6.07) is 2.27. The van der Waals surface area contributed by atoms with Crippen LogP contribution in [0.2, 0.25) is 0 Å². The number of nitrogens with two attached hydrogens (primary N) is 1. The Morgan fingerprint density at radius 2 is 1.32 bits per heavy atom. The van der Waals surface area contributed by atoms with Crippen LogP contribution >= 0.6 is 0 Å². The van der Waals surface area contributed by atoms with Crippen molar-refractivity contribution in [3.05, 3.63) is 17.7 Å². The maximum atomic E-state index is 9.70. The van der Waals surface area contributed by atoms with Crippen LogP contribution in [-0.2, 0) is 5.79 Å². The quantitative estimate of drug-likeness (QED) is 0.407. The molecule has 0 saturated carbocycles. The Morgan fingerprint density at radius 3 is 1.58 bits per heavy atom. The lowest BCUT2D eigenvalue weighted by molar-refractivity contribution is -0.363. The van der Waals surface area contributed by atoms with Crippen molar-refractivity contribution in [2.75, 3.05) is 21.3 Å². The zero-order valence-electron chi connectivity index (χ0n) is 10.7. The predicted molar refractivity (Wildman–Crippen MR) is 63.6 cm³/mol. The van der Waals surface area contributed by atoms with E-state index in [9.17, 15) is 20.4 Å². The average Bonchev–Trinajstić information content (AvgIpc) is 2.35. The summed E-state index contributed by atoms with van der Waals surface area (Å²) in [5, 5.41) is 37.8. The van der Waals surface area contributed by atoms with Crippen LogP contribution in [0.4, 0.5) is 0 Å². The molecule has 0 bridgehead atoms. The number of aliphatic hydroxyl groups is 4. The molecule has 0 radical (unpaired) electrons. The topological polar surface area (TPSA) is 135 Å². The molecule has 0 aromatic heterocycles. The number of benzene rings is 1. The summed E-state index contributed by atoms with van der Waals surface area (Å²) in [4.78, 5) is 0. The summed E-state index contributed by atoms with van der Waals surface area (Å²) in [5.74, 6) is -5.97. The zero-order valence-corrected chi connectivity index (χ0v) is 10.7. The number of ether oxygens (including phenoxy) is 3. The molecule has 0 atom stereocenters. The van der Waals surface area contributed by atoms with Crippen LogP contribution in [0, 0.1) is 0 Å². The Kier molecular flexibility index (Phi) is 4.23. The van der Waals surface area contributed by atoms with Crippen molar-refractivity contribution in [3.8, 4) is 17.2 Å². The highest BCUT2D eigenvalue weighted by atomic mass is 16.6. The first-order chi connectivity index (χ1) is 8.68. The normalized spacial score (nSPS) is 12.2. The smallest absolute Gasteiger partial charge is 0.281 e. The van der Waals surface area contributed by atoms with Gasteiger partial charge in [-0.2, -0.15) is 0 Å². The van der Waals surface area contributed by atoms with Crippen molar-refractivity contribution in [3.63, 3.8) is 0 Å². The van der Waals surface area contributed by atoms with Crippen LogP contribution in [0.25, 0.3) is 0 Å². The Labute approximate surface area is 109 Å². The first-order valence-electron chi connectivity index (χ1n) is 5.17.